The maximum Gasteiger partial charge on any atom is 0.262 e. The zero-order chi connectivity index (χ0) is 12.1. The number of pyridine rings is 1. The van der Waals surface area contributed by atoms with Gasteiger partial charge in [-0.3, -0.25) is 0 Å². The molecule has 0 atom stereocenters. The lowest BCUT2D eigenvalue weighted by molar-refractivity contribution is 0.369. The first-order chi connectivity index (χ1) is 8.33. The standard InChI is InChI=1S/C13H14N2O2/c1-14-10-5-7-11(8-6-10)17-13-12(16-2)4-3-9-15-13/h3-9,14H,1-2H3. The topological polar surface area (TPSA) is 43.4 Å². The molecule has 4 heteroatoms. The highest BCUT2D eigenvalue weighted by molar-refractivity contribution is 5.47. The maximum absolute atomic E-state index is 5.64. The number of anilines is 1. The van der Waals surface area contributed by atoms with Gasteiger partial charge in [0.05, 0.1) is 7.11 Å². The second kappa shape index (κ2) is 5.21. The Morgan fingerprint density at radius 2 is 1.88 bits per heavy atom. The van der Waals surface area contributed by atoms with Crippen LogP contribution in [0.2, 0.25) is 0 Å². The van der Waals surface area contributed by atoms with E-state index < -0.39 is 0 Å². The number of benzene rings is 1. The summed E-state index contributed by atoms with van der Waals surface area (Å²) >= 11 is 0. The van der Waals surface area contributed by atoms with Crippen LogP contribution < -0.4 is 14.8 Å². The monoisotopic (exact) mass is 230 g/mol. The van der Waals surface area contributed by atoms with E-state index in [1.807, 2.05) is 37.4 Å². The van der Waals surface area contributed by atoms with Crippen molar-refractivity contribution < 1.29 is 9.47 Å². The lowest BCUT2D eigenvalue weighted by Crippen LogP contribution is -1.93. The predicted molar refractivity (Wildman–Crippen MR) is 66.9 cm³/mol. The summed E-state index contributed by atoms with van der Waals surface area (Å²) in [4.78, 5) is 4.12. The summed E-state index contributed by atoms with van der Waals surface area (Å²) in [6.07, 6.45) is 1.67. The molecule has 88 valence electrons. The molecule has 1 aromatic heterocycles. The highest BCUT2D eigenvalue weighted by Crippen LogP contribution is 2.28. The average Bonchev–Trinajstić information content (AvgIpc) is 2.40. The number of ether oxygens (including phenoxy) is 2. The lowest BCUT2D eigenvalue weighted by atomic mass is 10.3. The minimum Gasteiger partial charge on any atom is -0.491 e. The van der Waals surface area contributed by atoms with Gasteiger partial charge in [-0.15, -0.1) is 0 Å². The van der Waals surface area contributed by atoms with Gasteiger partial charge in [0.1, 0.15) is 5.75 Å². The Labute approximate surface area is 100 Å². The van der Waals surface area contributed by atoms with Gasteiger partial charge in [0.2, 0.25) is 0 Å². The number of nitrogens with zero attached hydrogens (tertiary/aromatic N) is 1. The van der Waals surface area contributed by atoms with Crippen molar-refractivity contribution in [1.29, 1.82) is 0 Å². The molecule has 1 heterocycles. The van der Waals surface area contributed by atoms with Crippen molar-refractivity contribution in [2.75, 3.05) is 19.5 Å². The third-order valence-electron chi connectivity index (χ3n) is 2.31. The van der Waals surface area contributed by atoms with Crippen molar-refractivity contribution in [2.45, 2.75) is 0 Å². The molecule has 2 rings (SSSR count). The quantitative estimate of drug-likeness (QED) is 0.877. The van der Waals surface area contributed by atoms with Crippen LogP contribution in [0.15, 0.2) is 42.6 Å². The van der Waals surface area contributed by atoms with Gasteiger partial charge >= 0.3 is 0 Å². The second-order valence-corrected chi connectivity index (χ2v) is 3.39. The molecule has 0 aliphatic heterocycles. The summed E-state index contributed by atoms with van der Waals surface area (Å²) in [5.41, 5.74) is 1.03. The van der Waals surface area contributed by atoms with Crippen molar-refractivity contribution in [3.8, 4) is 17.4 Å². The smallest absolute Gasteiger partial charge is 0.262 e. The molecule has 0 unspecified atom stereocenters. The molecule has 1 N–H and O–H groups in total. The molecule has 0 spiro atoms. The van der Waals surface area contributed by atoms with E-state index in [9.17, 15) is 0 Å². The summed E-state index contributed by atoms with van der Waals surface area (Å²) in [7, 11) is 3.46. The first-order valence-electron chi connectivity index (χ1n) is 5.28. The molecular weight excluding hydrogens is 216 g/mol. The Balaban J connectivity index is 2.19. The Kier molecular flexibility index (Phi) is 3.45. The van der Waals surface area contributed by atoms with Gasteiger partial charge < -0.3 is 14.8 Å². The minimum atomic E-state index is 0.465. The van der Waals surface area contributed by atoms with Crippen LogP contribution in [0.25, 0.3) is 0 Å². The number of aromatic nitrogens is 1. The number of hydrogen-bond donors (Lipinski definition) is 1. The van der Waals surface area contributed by atoms with E-state index in [4.69, 9.17) is 9.47 Å². The van der Waals surface area contributed by atoms with Gasteiger partial charge in [-0.25, -0.2) is 4.98 Å². The lowest BCUT2D eigenvalue weighted by Gasteiger charge is -2.08. The van der Waals surface area contributed by atoms with E-state index >= 15 is 0 Å². The fourth-order valence-corrected chi connectivity index (χ4v) is 1.41. The number of hydrogen-bond acceptors (Lipinski definition) is 4. The Morgan fingerprint density at radius 1 is 1.12 bits per heavy atom. The second-order valence-electron chi connectivity index (χ2n) is 3.39. The molecule has 2 aromatic rings. The van der Waals surface area contributed by atoms with E-state index in [2.05, 4.69) is 10.3 Å². The maximum atomic E-state index is 5.64. The molecule has 0 aliphatic carbocycles. The van der Waals surface area contributed by atoms with Crippen LogP contribution in [0.4, 0.5) is 5.69 Å². The van der Waals surface area contributed by atoms with Gasteiger partial charge in [0, 0.05) is 18.9 Å². The summed E-state index contributed by atoms with van der Waals surface area (Å²) in [5, 5.41) is 3.04. The third-order valence-corrected chi connectivity index (χ3v) is 2.31. The van der Waals surface area contributed by atoms with Gasteiger partial charge in [-0.1, -0.05) is 0 Å². The SMILES string of the molecule is CNc1ccc(Oc2ncccc2OC)cc1. The number of nitrogens with one attached hydrogen (secondary N) is 1. The molecule has 4 nitrogen and oxygen atoms in total. The molecule has 0 saturated carbocycles. The first kappa shape index (κ1) is 11.3. The van der Waals surface area contributed by atoms with Gasteiger partial charge in [-0.05, 0) is 36.4 Å². The van der Waals surface area contributed by atoms with Crippen molar-refractivity contribution in [3.05, 3.63) is 42.6 Å². The van der Waals surface area contributed by atoms with Crippen LogP contribution >= 0.6 is 0 Å². The summed E-state index contributed by atoms with van der Waals surface area (Å²) in [6.45, 7) is 0. The van der Waals surface area contributed by atoms with Gasteiger partial charge in [0.15, 0.2) is 5.75 Å². The van der Waals surface area contributed by atoms with Crippen LogP contribution in [0.1, 0.15) is 0 Å². The molecule has 0 radical (unpaired) electrons. The van der Waals surface area contributed by atoms with Crippen LogP contribution in [0.3, 0.4) is 0 Å². The van der Waals surface area contributed by atoms with Gasteiger partial charge in [0.25, 0.3) is 5.88 Å². The van der Waals surface area contributed by atoms with E-state index in [-0.39, 0.29) is 0 Å². The van der Waals surface area contributed by atoms with Crippen molar-refractivity contribution >= 4 is 5.69 Å². The summed E-state index contributed by atoms with van der Waals surface area (Å²) in [6, 6.07) is 11.2. The van der Waals surface area contributed by atoms with Crippen molar-refractivity contribution in [1.82, 2.24) is 4.98 Å². The molecule has 17 heavy (non-hydrogen) atoms. The van der Waals surface area contributed by atoms with Crippen LogP contribution in [-0.4, -0.2) is 19.1 Å². The Morgan fingerprint density at radius 3 is 2.53 bits per heavy atom. The van der Waals surface area contributed by atoms with Crippen LogP contribution in [-0.2, 0) is 0 Å². The van der Waals surface area contributed by atoms with Crippen molar-refractivity contribution in [3.63, 3.8) is 0 Å². The van der Waals surface area contributed by atoms with E-state index in [1.54, 1.807) is 19.4 Å². The number of rotatable bonds is 4. The zero-order valence-electron chi connectivity index (χ0n) is 9.81. The van der Waals surface area contributed by atoms with Crippen LogP contribution in [0.5, 0.6) is 17.4 Å². The molecular formula is C13H14N2O2. The van der Waals surface area contributed by atoms with Crippen molar-refractivity contribution in [2.24, 2.45) is 0 Å². The van der Waals surface area contributed by atoms with E-state index in [1.165, 1.54) is 0 Å². The Hall–Kier alpha value is -2.23. The molecule has 1 aromatic carbocycles. The highest BCUT2D eigenvalue weighted by atomic mass is 16.5. The molecule has 0 saturated heterocycles. The fraction of sp³-hybridized carbons (Fsp3) is 0.154. The first-order valence-corrected chi connectivity index (χ1v) is 5.28. The average molecular weight is 230 g/mol. The zero-order valence-corrected chi connectivity index (χ0v) is 9.81. The largest absolute Gasteiger partial charge is 0.491 e. The summed E-state index contributed by atoms with van der Waals surface area (Å²) < 4.78 is 10.8. The third kappa shape index (κ3) is 2.66. The minimum absolute atomic E-state index is 0.465. The van der Waals surface area contributed by atoms with E-state index in [0.717, 1.165) is 11.4 Å². The molecule has 0 amide bonds. The molecule has 0 aliphatic rings. The molecule has 0 fully saturated rings. The van der Waals surface area contributed by atoms with Gasteiger partial charge in [-0.2, -0.15) is 0 Å². The van der Waals surface area contributed by atoms with E-state index in [0.29, 0.717) is 11.6 Å². The Bertz CT molecular complexity index is 483. The van der Waals surface area contributed by atoms with Crippen LogP contribution in [0, 0.1) is 0 Å². The predicted octanol–water partition coefficient (Wildman–Crippen LogP) is 2.92. The summed E-state index contributed by atoms with van der Waals surface area (Å²) in [5.74, 6) is 1.80. The highest BCUT2D eigenvalue weighted by Gasteiger charge is 2.05. The normalized spacial score (nSPS) is 9.76. The molecule has 0 bridgehead atoms. The fourth-order valence-electron chi connectivity index (χ4n) is 1.41. The number of methoxy groups -OCH3 is 1.